The van der Waals surface area contributed by atoms with Gasteiger partial charge in [0.1, 0.15) is 19.3 Å². The normalized spacial score (nSPS) is 15.9. The van der Waals surface area contributed by atoms with Gasteiger partial charge in [0.05, 0.1) is 17.2 Å². The quantitative estimate of drug-likeness (QED) is 0.417. The van der Waals surface area contributed by atoms with Crippen molar-refractivity contribution >= 4 is 27.6 Å². The fourth-order valence-corrected chi connectivity index (χ4v) is 3.02. The molecule has 10 heteroatoms. The van der Waals surface area contributed by atoms with E-state index in [2.05, 4.69) is 9.78 Å². The molecule has 24 heavy (non-hydrogen) atoms. The molecule has 0 saturated carbocycles. The predicted molar refractivity (Wildman–Crippen MR) is 82.9 cm³/mol. The molecule has 1 amide bonds. The summed E-state index contributed by atoms with van der Waals surface area (Å²) in [5, 5.41) is 0. The number of rotatable bonds is 7. The average molecular weight is 358 g/mol. The number of carbonyl (C=O) groups is 2. The van der Waals surface area contributed by atoms with Gasteiger partial charge in [0.15, 0.2) is 9.84 Å². The van der Waals surface area contributed by atoms with Crippen LogP contribution in [0.3, 0.4) is 0 Å². The van der Waals surface area contributed by atoms with Crippen LogP contribution in [0.25, 0.3) is 0 Å². The largest absolute Gasteiger partial charge is 0.447 e. The molecule has 0 radical (unpaired) electrons. The first-order valence-corrected chi connectivity index (χ1v) is 8.82. The molecular weight excluding hydrogens is 340 g/mol. The van der Waals surface area contributed by atoms with Crippen LogP contribution in [0.15, 0.2) is 29.2 Å². The van der Waals surface area contributed by atoms with Crippen molar-refractivity contribution in [1.29, 1.82) is 0 Å². The summed E-state index contributed by atoms with van der Waals surface area (Å²) < 4.78 is 29.4. The lowest BCUT2D eigenvalue weighted by atomic mass is 10.3. The molecule has 0 spiro atoms. The molecule has 2 N–H and O–H groups in total. The Morgan fingerprint density at radius 1 is 1.46 bits per heavy atom. The molecule has 1 aromatic rings. The Bertz CT molecular complexity index is 718. The van der Waals surface area contributed by atoms with E-state index < -0.39 is 33.7 Å². The average Bonchev–Trinajstić information content (AvgIpc) is 2.97. The minimum Gasteiger partial charge on any atom is -0.447 e. The highest BCUT2D eigenvalue weighted by Crippen LogP contribution is 2.23. The summed E-state index contributed by atoms with van der Waals surface area (Å²) in [4.78, 5) is 32.9. The monoisotopic (exact) mass is 358 g/mol. The van der Waals surface area contributed by atoms with E-state index in [0.717, 1.165) is 0 Å². The van der Waals surface area contributed by atoms with Crippen LogP contribution >= 0.6 is 0 Å². The van der Waals surface area contributed by atoms with Crippen LogP contribution in [0.2, 0.25) is 0 Å². The van der Waals surface area contributed by atoms with Gasteiger partial charge in [0.25, 0.3) is 0 Å². The molecular formula is C14H18N2O7S. The third-order valence-electron chi connectivity index (χ3n) is 3.20. The van der Waals surface area contributed by atoms with Gasteiger partial charge < -0.3 is 10.5 Å². The van der Waals surface area contributed by atoms with Crippen LogP contribution in [0, 0.1) is 0 Å². The summed E-state index contributed by atoms with van der Waals surface area (Å²) in [6, 6.07) is 5.08. The maximum absolute atomic E-state index is 12.3. The minimum absolute atomic E-state index is 0.0295. The van der Waals surface area contributed by atoms with Gasteiger partial charge in [-0.1, -0.05) is 6.07 Å². The Labute approximate surface area is 139 Å². The highest BCUT2D eigenvalue weighted by Gasteiger charge is 2.25. The van der Waals surface area contributed by atoms with E-state index >= 15 is 0 Å². The first-order valence-electron chi connectivity index (χ1n) is 7.17. The summed E-state index contributed by atoms with van der Waals surface area (Å²) >= 11 is 0. The zero-order chi connectivity index (χ0) is 17.7. The molecule has 1 saturated heterocycles. The van der Waals surface area contributed by atoms with Crippen LogP contribution in [-0.2, 0) is 29.1 Å². The van der Waals surface area contributed by atoms with Crippen LogP contribution in [0.5, 0.6) is 0 Å². The second-order valence-corrected chi connectivity index (χ2v) is 7.20. The van der Waals surface area contributed by atoms with Crippen molar-refractivity contribution in [3.05, 3.63) is 24.3 Å². The van der Waals surface area contributed by atoms with Gasteiger partial charge in [-0.15, -0.1) is 0 Å². The molecule has 1 heterocycles. The number of amides is 1. The van der Waals surface area contributed by atoms with E-state index in [1.165, 1.54) is 30.0 Å². The first-order chi connectivity index (χ1) is 11.3. The van der Waals surface area contributed by atoms with E-state index in [1.807, 2.05) is 0 Å². The highest BCUT2D eigenvalue weighted by atomic mass is 32.2. The number of benzene rings is 1. The van der Waals surface area contributed by atoms with E-state index in [1.54, 1.807) is 6.07 Å². The summed E-state index contributed by atoms with van der Waals surface area (Å²) in [5.74, 6) is -1.19. The van der Waals surface area contributed by atoms with Crippen molar-refractivity contribution in [3.63, 3.8) is 0 Å². The smallest absolute Gasteiger partial charge is 0.414 e. The minimum atomic E-state index is -3.67. The molecule has 1 aromatic carbocycles. The van der Waals surface area contributed by atoms with Crippen molar-refractivity contribution in [2.75, 3.05) is 30.4 Å². The fourth-order valence-electron chi connectivity index (χ4n) is 1.91. The van der Waals surface area contributed by atoms with Crippen molar-refractivity contribution in [3.8, 4) is 0 Å². The van der Waals surface area contributed by atoms with E-state index in [-0.39, 0.29) is 18.1 Å². The van der Waals surface area contributed by atoms with Crippen LogP contribution in [0.4, 0.5) is 10.5 Å². The van der Waals surface area contributed by atoms with E-state index in [4.69, 9.17) is 10.5 Å². The first kappa shape index (κ1) is 18.2. The number of cyclic esters (lactones) is 1. The van der Waals surface area contributed by atoms with E-state index in [9.17, 15) is 18.0 Å². The summed E-state index contributed by atoms with van der Waals surface area (Å²) in [7, 11) is -3.67. The maximum atomic E-state index is 12.3. The summed E-state index contributed by atoms with van der Waals surface area (Å²) in [6.45, 7) is 1.70. The van der Waals surface area contributed by atoms with Gasteiger partial charge in [-0.05, 0) is 25.1 Å². The molecule has 2 rings (SSSR count). The van der Waals surface area contributed by atoms with Gasteiger partial charge in [-0.3, -0.25) is 9.79 Å². The molecule has 0 aliphatic carbocycles. The Morgan fingerprint density at radius 3 is 2.83 bits per heavy atom. The molecule has 0 aromatic heterocycles. The number of carbonyl (C=O) groups excluding carboxylic acids is 2. The number of anilines is 1. The van der Waals surface area contributed by atoms with Crippen molar-refractivity contribution in [2.45, 2.75) is 17.9 Å². The van der Waals surface area contributed by atoms with Crippen molar-refractivity contribution in [2.24, 2.45) is 5.73 Å². The molecule has 1 aliphatic rings. The molecule has 1 fully saturated rings. The highest BCUT2D eigenvalue weighted by molar-refractivity contribution is 7.91. The zero-order valence-electron chi connectivity index (χ0n) is 13.0. The van der Waals surface area contributed by atoms with Gasteiger partial charge in [0.2, 0.25) is 0 Å². The number of sulfone groups is 1. The van der Waals surface area contributed by atoms with Crippen molar-refractivity contribution in [1.82, 2.24) is 0 Å². The SMILES string of the molecule is C[C@H](N)C(=O)OOCCS(=O)(=O)c1cccc(N2CCOC2=O)c1. The second-order valence-electron chi connectivity index (χ2n) is 5.10. The lowest BCUT2D eigenvalue weighted by Crippen LogP contribution is -2.29. The Kier molecular flexibility index (Phi) is 5.75. The van der Waals surface area contributed by atoms with Crippen LogP contribution in [-0.4, -0.2) is 52.0 Å². The Hall–Kier alpha value is -2.17. The van der Waals surface area contributed by atoms with Gasteiger partial charge in [-0.25, -0.2) is 18.0 Å². The second kappa shape index (κ2) is 7.60. The number of nitrogens with zero attached hydrogens (tertiary/aromatic N) is 1. The summed E-state index contributed by atoms with van der Waals surface area (Å²) in [6.07, 6.45) is -0.518. The van der Waals surface area contributed by atoms with Crippen LogP contribution in [0.1, 0.15) is 6.92 Å². The molecule has 0 bridgehead atoms. The van der Waals surface area contributed by atoms with Gasteiger partial charge in [-0.2, -0.15) is 4.89 Å². The zero-order valence-corrected chi connectivity index (χ0v) is 13.8. The topological polar surface area (TPSA) is 125 Å². The Balaban J connectivity index is 1.99. The molecule has 1 atom stereocenters. The van der Waals surface area contributed by atoms with E-state index in [0.29, 0.717) is 12.2 Å². The van der Waals surface area contributed by atoms with Gasteiger partial charge in [0, 0.05) is 5.69 Å². The van der Waals surface area contributed by atoms with Crippen LogP contribution < -0.4 is 10.6 Å². The number of ether oxygens (including phenoxy) is 1. The maximum Gasteiger partial charge on any atom is 0.414 e. The third-order valence-corrected chi connectivity index (χ3v) is 4.87. The molecule has 1 aliphatic heterocycles. The summed E-state index contributed by atoms with van der Waals surface area (Å²) in [5.41, 5.74) is 5.70. The molecule has 0 unspecified atom stereocenters. The number of nitrogens with two attached hydrogens (primary N) is 1. The van der Waals surface area contributed by atoms with Crippen molar-refractivity contribution < 1.29 is 32.5 Å². The molecule has 9 nitrogen and oxygen atoms in total. The fraction of sp³-hybridized carbons (Fsp3) is 0.429. The predicted octanol–water partition coefficient (Wildman–Crippen LogP) is 0.239. The van der Waals surface area contributed by atoms with Gasteiger partial charge >= 0.3 is 12.1 Å². The lowest BCUT2D eigenvalue weighted by molar-refractivity contribution is -0.269. The number of hydrogen-bond acceptors (Lipinski definition) is 8. The molecule has 132 valence electrons. The standard InChI is InChI=1S/C14H18N2O7S/c1-10(15)13(17)23-22-7-8-24(19,20)12-4-2-3-11(9-12)16-5-6-21-14(16)18/h2-4,9-10H,5-8,15H2,1H3/t10-/m0/s1. The third kappa shape index (κ3) is 4.43. The lowest BCUT2D eigenvalue weighted by Gasteiger charge is -2.14. The Morgan fingerprint density at radius 2 is 2.21 bits per heavy atom. The number of hydrogen-bond donors (Lipinski definition) is 1.